The number of nitrogens with two attached hydrogens (primary N) is 1. The Morgan fingerprint density at radius 1 is 1.28 bits per heavy atom. The lowest BCUT2D eigenvalue weighted by Crippen LogP contribution is -2.10. The standard InChI is InChI=1S/C13H15FN4/c1-2-4-11-8-12(18-15)17-13(16-11)9-5-3-6-10(14)7-9/h3,5-8H,2,4,15H2,1H3,(H,16,17,18). The van der Waals surface area contributed by atoms with Crippen molar-refractivity contribution in [1.29, 1.82) is 0 Å². The number of benzene rings is 1. The van der Waals surface area contributed by atoms with Gasteiger partial charge < -0.3 is 5.43 Å². The normalized spacial score (nSPS) is 10.4. The summed E-state index contributed by atoms with van der Waals surface area (Å²) < 4.78 is 13.2. The monoisotopic (exact) mass is 246 g/mol. The molecular weight excluding hydrogens is 231 g/mol. The molecule has 0 aliphatic rings. The molecule has 2 rings (SSSR count). The molecule has 5 heteroatoms. The Morgan fingerprint density at radius 3 is 2.78 bits per heavy atom. The highest BCUT2D eigenvalue weighted by atomic mass is 19.1. The zero-order valence-corrected chi connectivity index (χ0v) is 10.2. The lowest BCUT2D eigenvalue weighted by Gasteiger charge is -2.07. The van der Waals surface area contributed by atoms with Gasteiger partial charge in [-0.05, 0) is 18.6 Å². The minimum Gasteiger partial charge on any atom is -0.308 e. The van der Waals surface area contributed by atoms with Crippen molar-refractivity contribution in [3.05, 3.63) is 41.8 Å². The quantitative estimate of drug-likeness (QED) is 0.642. The number of aryl methyl sites for hydroxylation is 1. The van der Waals surface area contributed by atoms with Gasteiger partial charge in [0.15, 0.2) is 5.82 Å². The number of hydrogen-bond donors (Lipinski definition) is 2. The molecule has 0 unspecified atom stereocenters. The predicted molar refractivity (Wildman–Crippen MR) is 69.2 cm³/mol. The summed E-state index contributed by atoms with van der Waals surface area (Å²) in [5.74, 6) is 6.09. The van der Waals surface area contributed by atoms with Gasteiger partial charge in [0.25, 0.3) is 0 Å². The first-order chi connectivity index (χ1) is 8.72. The van der Waals surface area contributed by atoms with Gasteiger partial charge >= 0.3 is 0 Å². The second kappa shape index (κ2) is 5.55. The molecule has 18 heavy (non-hydrogen) atoms. The van der Waals surface area contributed by atoms with Gasteiger partial charge in [-0.3, -0.25) is 0 Å². The summed E-state index contributed by atoms with van der Waals surface area (Å²) in [6, 6.07) is 8.00. The lowest BCUT2D eigenvalue weighted by molar-refractivity contribution is 0.628. The van der Waals surface area contributed by atoms with Gasteiger partial charge in [0, 0.05) is 17.3 Å². The third-order valence-corrected chi connectivity index (χ3v) is 2.52. The third kappa shape index (κ3) is 2.81. The van der Waals surface area contributed by atoms with Gasteiger partial charge in [-0.15, -0.1) is 0 Å². The number of anilines is 1. The minimum absolute atomic E-state index is 0.306. The van der Waals surface area contributed by atoms with Crippen molar-refractivity contribution in [2.75, 3.05) is 5.43 Å². The number of rotatable bonds is 4. The first kappa shape index (κ1) is 12.4. The second-order valence-corrected chi connectivity index (χ2v) is 3.97. The minimum atomic E-state index is -0.306. The molecule has 1 aromatic carbocycles. The summed E-state index contributed by atoms with van der Waals surface area (Å²) in [4.78, 5) is 8.64. The Labute approximate surface area is 105 Å². The fourth-order valence-electron chi connectivity index (χ4n) is 1.71. The third-order valence-electron chi connectivity index (χ3n) is 2.52. The number of nitrogens with zero attached hydrogens (tertiary/aromatic N) is 2. The summed E-state index contributed by atoms with van der Waals surface area (Å²) in [6.07, 6.45) is 1.81. The topological polar surface area (TPSA) is 63.8 Å². The summed E-state index contributed by atoms with van der Waals surface area (Å²) >= 11 is 0. The van der Waals surface area contributed by atoms with Crippen LogP contribution < -0.4 is 11.3 Å². The van der Waals surface area contributed by atoms with E-state index in [1.165, 1.54) is 12.1 Å². The maximum absolute atomic E-state index is 13.2. The van der Waals surface area contributed by atoms with Crippen LogP contribution in [0.2, 0.25) is 0 Å². The van der Waals surface area contributed by atoms with Crippen LogP contribution in [0, 0.1) is 5.82 Å². The van der Waals surface area contributed by atoms with Crippen LogP contribution in [0.4, 0.5) is 10.2 Å². The van der Waals surface area contributed by atoms with Crippen molar-refractivity contribution in [2.24, 2.45) is 5.84 Å². The van der Waals surface area contributed by atoms with Crippen LogP contribution in [0.3, 0.4) is 0 Å². The molecule has 1 aromatic heterocycles. The van der Waals surface area contributed by atoms with E-state index in [0.717, 1.165) is 18.5 Å². The number of hydrazine groups is 1. The van der Waals surface area contributed by atoms with Crippen molar-refractivity contribution in [3.8, 4) is 11.4 Å². The summed E-state index contributed by atoms with van der Waals surface area (Å²) in [5, 5.41) is 0. The van der Waals surface area contributed by atoms with E-state index in [1.807, 2.05) is 0 Å². The van der Waals surface area contributed by atoms with Crippen LogP contribution in [0.1, 0.15) is 19.0 Å². The van der Waals surface area contributed by atoms with Crippen LogP contribution in [-0.4, -0.2) is 9.97 Å². The molecule has 0 atom stereocenters. The highest BCUT2D eigenvalue weighted by Crippen LogP contribution is 2.19. The maximum Gasteiger partial charge on any atom is 0.161 e. The zero-order valence-electron chi connectivity index (χ0n) is 10.2. The number of nitrogen functional groups attached to an aromatic ring is 1. The number of halogens is 1. The van der Waals surface area contributed by atoms with Crippen LogP contribution in [-0.2, 0) is 6.42 Å². The molecule has 3 N–H and O–H groups in total. The molecule has 94 valence electrons. The van der Waals surface area contributed by atoms with Gasteiger partial charge in [-0.25, -0.2) is 20.2 Å². The molecule has 0 saturated heterocycles. The van der Waals surface area contributed by atoms with Crippen LogP contribution >= 0.6 is 0 Å². The molecule has 4 nitrogen and oxygen atoms in total. The Bertz CT molecular complexity index is 542. The molecule has 0 saturated carbocycles. The molecule has 0 bridgehead atoms. The predicted octanol–water partition coefficient (Wildman–Crippen LogP) is 2.52. The molecule has 0 radical (unpaired) electrons. The van der Waals surface area contributed by atoms with Gasteiger partial charge in [-0.1, -0.05) is 25.5 Å². The summed E-state index contributed by atoms with van der Waals surface area (Å²) in [7, 11) is 0. The van der Waals surface area contributed by atoms with E-state index >= 15 is 0 Å². The van der Waals surface area contributed by atoms with E-state index in [0.29, 0.717) is 17.2 Å². The molecular formula is C13H15FN4. The van der Waals surface area contributed by atoms with Gasteiger partial charge in [0.05, 0.1) is 0 Å². The first-order valence-corrected chi connectivity index (χ1v) is 5.83. The van der Waals surface area contributed by atoms with Crippen molar-refractivity contribution < 1.29 is 4.39 Å². The molecule has 0 amide bonds. The highest BCUT2D eigenvalue weighted by Gasteiger charge is 2.06. The Hall–Kier alpha value is -2.01. The number of nitrogens with one attached hydrogen (secondary N) is 1. The molecule has 2 aromatic rings. The van der Waals surface area contributed by atoms with Crippen molar-refractivity contribution in [2.45, 2.75) is 19.8 Å². The lowest BCUT2D eigenvalue weighted by atomic mass is 10.2. The Kier molecular flexibility index (Phi) is 3.84. The zero-order chi connectivity index (χ0) is 13.0. The Balaban J connectivity index is 2.46. The second-order valence-electron chi connectivity index (χ2n) is 3.97. The van der Waals surface area contributed by atoms with Crippen LogP contribution in [0.15, 0.2) is 30.3 Å². The van der Waals surface area contributed by atoms with Crippen molar-refractivity contribution in [3.63, 3.8) is 0 Å². The van der Waals surface area contributed by atoms with Gasteiger partial charge in [0.2, 0.25) is 0 Å². The fourth-order valence-corrected chi connectivity index (χ4v) is 1.71. The van der Waals surface area contributed by atoms with Gasteiger partial charge in [-0.2, -0.15) is 0 Å². The number of hydrogen-bond acceptors (Lipinski definition) is 4. The van der Waals surface area contributed by atoms with E-state index in [1.54, 1.807) is 18.2 Å². The first-order valence-electron chi connectivity index (χ1n) is 5.83. The average Bonchev–Trinajstić information content (AvgIpc) is 2.39. The molecule has 0 aliphatic heterocycles. The maximum atomic E-state index is 13.2. The van der Waals surface area contributed by atoms with E-state index in [9.17, 15) is 4.39 Å². The van der Waals surface area contributed by atoms with E-state index in [2.05, 4.69) is 22.3 Å². The number of aromatic nitrogens is 2. The fraction of sp³-hybridized carbons (Fsp3) is 0.231. The molecule has 0 spiro atoms. The smallest absolute Gasteiger partial charge is 0.161 e. The Morgan fingerprint density at radius 2 is 2.11 bits per heavy atom. The largest absolute Gasteiger partial charge is 0.308 e. The molecule has 0 aliphatic carbocycles. The van der Waals surface area contributed by atoms with Crippen LogP contribution in [0.5, 0.6) is 0 Å². The highest BCUT2D eigenvalue weighted by molar-refractivity contribution is 5.57. The SMILES string of the molecule is CCCc1cc(NN)nc(-c2cccc(F)c2)n1. The molecule has 0 fully saturated rings. The average molecular weight is 246 g/mol. The summed E-state index contributed by atoms with van der Waals surface area (Å²) in [6.45, 7) is 2.07. The van der Waals surface area contributed by atoms with Gasteiger partial charge in [0.1, 0.15) is 11.6 Å². The van der Waals surface area contributed by atoms with E-state index < -0.39 is 0 Å². The van der Waals surface area contributed by atoms with Crippen molar-refractivity contribution >= 4 is 5.82 Å². The van der Waals surface area contributed by atoms with E-state index in [4.69, 9.17) is 5.84 Å². The molecule has 1 heterocycles. The van der Waals surface area contributed by atoms with Crippen molar-refractivity contribution in [1.82, 2.24) is 9.97 Å². The summed E-state index contributed by atoms with van der Waals surface area (Å²) in [5.41, 5.74) is 4.04. The van der Waals surface area contributed by atoms with E-state index in [-0.39, 0.29) is 5.82 Å². The van der Waals surface area contributed by atoms with Crippen LogP contribution in [0.25, 0.3) is 11.4 Å².